The van der Waals surface area contributed by atoms with Gasteiger partial charge in [-0.15, -0.1) is 0 Å². The Hall–Kier alpha value is -3.20. The standard InChI is InChI=1S/C23H20N2O/c1-17-12-14-18(15-13-17)16-21-22(19-8-4-2-5-9-19)24-25(23(21)26)20-10-6-3-7-11-20/h2-15,21H,16H2,1H3. The molecule has 0 saturated heterocycles. The average Bonchev–Trinajstić information content (AvgIpc) is 3.01. The number of rotatable bonds is 4. The number of hydrogen-bond acceptors (Lipinski definition) is 2. The molecule has 1 aliphatic rings. The van der Waals surface area contributed by atoms with E-state index in [0.29, 0.717) is 6.42 Å². The van der Waals surface area contributed by atoms with Crippen molar-refractivity contribution < 1.29 is 4.79 Å². The molecule has 0 aromatic heterocycles. The molecule has 1 amide bonds. The van der Waals surface area contributed by atoms with Crippen LogP contribution in [0.4, 0.5) is 5.69 Å². The lowest BCUT2D eigenvalue weighted by atomic mass is 9.90. The summed E-state index contributed by atoms with van der Waals surface area (Å²) in [7, 11) is 0. The van der Waals surface area contributed by atoms with E-state index in [1.165, 1.54) is 5.56 Å². The second-order valence-electron chi connectivity index (χ2n) is 6.58. The van der Waals surface area contributed by atoms with Crippen LogP contribution in [0.1, 0.15) is 16.7 Å². The minimum absolute atomic E-state index is 0.0237. The van der Waals surface area contributed by atoms with Crippen molar-refractivity contribution >= 4 is 17.3 Å². The number of aryl methyl sites for hydroxylation is 1. The third kappa shape index (κ3) is 3.16. The molecule has 1 atom stereocenters. The Balaban J connectivity index is 1.72. The quantitative estimate of drug-likeness (QED) is 0.683. The molecular formula is C23H20N2O. The molecule has 128 valence electrons. The Morgan fingerprint density at radius 1 is 0.846 bits per heavy atom. The van der Waals surface area contributed by atoms with Gasteiger partial charge < -0.3 is 0 Å². The van der Waals surface area contributed by atoms with E-state index in [2.05, 4.69) is 31.2 Å². The number of hydrazone groups is 1. The van der Waals surface area contributed by atoms with Gasteiger partial charge in [-0.1, -0.05) is 78.4 Å². The number of carbonyl (C=O) groups is 1. The fourth-order valence-corrected chi connectivity index (χ4v) is 3.26. The number of amides is 1. The van der Waals surface area contributed by atoms with Crippen molar-refractivity contribution in [3.63, 3.8) is 0 Å². The highest BCUT2D eigenvalue weighted by molar-refractivity contribution is 6.21. The summed E-state index contributed by atoms with van der Waals surface area (Å²) in [5.74, 6) is -0.254. The van der Waals surface area contributed by atoms with Gasteiger partial charge in [-0.3, -0.25) is 4.79 Å². The van der Waals surface area contributed by atoms with Crippen LogP contribution in [0.3, 0.4) is 0 Å². The minimum atomic E-state index is -0.277. The predicted octanol–water partition coefficient (Wildman–Crippen LogP) is 4.60. The Kier molecular flexibility index (Phi) is 4.36. The Bertz CT molecular complexity index is 931. The molecule has 4 rings (SSSR count). The van der Waals surface area contributed by atoms with Crippen molar-refractivity contribution in [2.45, 2.75) is 13.3 Å². The van der Waals surface area contributed by atoms with Gasteiger partial charge in [-0.05, 0) is 36.6 Å². The van der Waals surface area contributed by atoms with Gasteiger partial charge in [0.2, 0.25) is 0 Å². The summed E-state index contributed by atoms with van der Waals surface area (Å²) in [5.41, 5.74) is 5.00. The summed E-state index contributed by atoms with van der Waals surface area (Å²) in [6.45, 7) is 2.07. The SMILES string of the molecule is Cc1ccc(CC2C(=O)N(c3ccccc3)N=C2c2ccccc2)cc1. The molecule has 0 N–H and O–H groups in total. The first kappa shape index (κ1) is 16.3. The molecule has 0 saturated carbocycles. The van der Waals surface area contributed by atoms with Crippen molar-refractivity contribution in [1.82, 2.24) is 0 Å². The lowest BCUT2D eigenvalue weighted by molar-refractivity contribution is -0.119. The second kappa shape index (κ2) is 6.96. The van der Waals surface area contributed by atoms with Gasteiger partial charge in [0.15, 0.2) is 0 Å². The average molecular weight is 340 g/mol. The van der Waals surface area contributed by atoms with Crippen LogP contribution in [0, 0.1) is 12.8 Å². The zero-order valence-electron chi connectivity index (χ0n) is 14.7. The fraction of sp³-hybridized carbons (Fsp3) is 0.130. The van der Waals surface area contributed by atoms with Crippen LogP contribution in [0.2, 0.25) is 0 Å². The third-order valence-corrected chi connectivity index (χ3v) is 4.68. The lowest BCUT2D eigenvalue weighted by Crippen LogP contribution is -2.29. The Labute approximate surface area is 153 Å². The zero-order chi connectivity index (χ0) is 17.9. The molecule has 0 fully saturated rings. The van der Waals surface area contributed by atoms with Crippen molar-refractivity contribution in [2.75, 3.05) is 5.01 Å². The van der Waals surface area contributed by atoms with E-state index in [1.807, 2.05) is 60.7 Å². The number of carbonyl (C=O) groups excluding carboxylic acids is 1. The predicted molar refractivity (Wildman–Crippen MR) is 105 cm³/mol. The summed E-state index contributed by atoms with van der Waals surface area (Å²) in [6, 6.07) is 28.0. The highest BCUT2D eigenvalue weighted by Crippen LogP contribution is 2.29. The van der Waals surface area contributed by atoms with Crippen molar-refractivity contribution in [2.24, 2.45) is 11.0 Å². The molecule has 1 aliphatic heterocycles. The monoisotopic (exact) mass is 340 g/mol. The van der Waals surface area contributed by atoms with Crippen molar-refractivity contribution in [3.05, 3.63) is 102 Å². The topological polar surface area (TPSA) is 32.7 Å². The number of hydrogen-bond donors (Lipinski definition) is 0. The van der Waals surface area contributed by atoms with Gasteiger partial charge in [0.1, 0.15) is 0 Å². The molecule has 1 heterocycles. The van der Waals surface area contributed by atoms with Crippen LogP contribution in [0.15, 0.2) is 90.0 Å². The van der Waals surface area contributed by atoms with Crippen molar-refractivity contribution in [1.29, 1.82) is 0 Å². The highest BCUT2D eigenvalue weighted by Gasteiger charge is 2.37. The molecule has 3 aromatic rings. The molecule has 1 unspecified atom stereocenters. The van der Waals surface area contributed by atoms with E-state index < -0.39 is 0 Å². The largest absolute Gasteiger partial charge is 0.272 e. The number of para-hydroxylation sites is 1. The third-order valence-electron chi connectivity index (χ3n) is 4.68. The Morgan fingerprint density at radius 2 is 1.46 bits per heavy atom. The summed E-state index contributed by atoms with van der Waals surface area (Å²) in [5, 5.41) is 6.25. The normalized spacial score (nSPS) is 16.7. The fourth-order valence-electron chi connectivity index (χ4n) is 3.26. The first-order valence-electron chi connectivity index (χ1n) is 8.81. The van der Waals surface area contributed by atoms with Gasteiger partial charge in [0, 0.05) is 0 Å². The number of benzene rings is 3. The van der Waals surface area contributed by atoms with Gasteiger partial charge in [0.05, 0.1) is 17.3 Å². The van der Waals surface area contributed by atoms with E-state index in [1.54, 1.807) is 5.01 Å². The van der Waals surface area contributed by atoms with Gasteiger partial charge in [-0.2, -0.15) is 10.1 Å². The van der Waals surface area contributed by atoms with Crippen LogP contribution in [0.25, 0.3) is 0 Å². The smallest absolute Gasteiger partial charge is 0.256 e. The van der Waals surface area contributed by atoms with E-state index in [-0.39, 0.29) is 11.8 Å². The molecular weight excluding hydrogens is 320 g/mol. The highest BCUT2D eigenvalue weighted by atomic mass is 16.2. The van der Waals surface area contributed by atoms with E-state index >= 15 is 0 Å². The first-order chi connectivity index (χ1) is 12.7. The van der Waals surface area contributed by atoms with Crippen LogP contribution < -0.4 is 5.01 Å². The first-order valence-corrected chi connectivity index (χ1v) is 8.81. The minimum Gasteiger partial charge on any atom is -0.272 e. The van der Waals surface area contributed by atoms with E-state index in [4.69, 9.17) is 5.10 Å². The summed E-state index contributed by atoms with van der Waals surface area (Å²) < 4.78 is 0. The summed E-state index contributed by atoms with van der Waals surface area (Å²) in [4.78, 5) is 13.2. The number of nitrogens with zero attached hydrogens (tertiary/aromatic N) is 2. The Morgan fingerprint density at radius 3 is 2.12 bits per heavy atom. The van der Waals surface area contributed by atoms with Crippen LogP contribution >= 0.6 is 0 Å². The molecule has 3 heteroatoms. The molecule has 3 nitrogen and oxygen atoms in total. The van der Waals surface area contributed by atoms with Crippen LogP contribution in [-0.2, 0) is 11.2 Å². The maximum atomic E-state index is 13.2. The summed E-state index contributed by atoms with van der Waals surface area (Å²) >= 11 is 0. The molecule has 0 spiro atoms. The number of anilines is 1. The van der Waals surface area contributed by atoms with E-state index in [9.17, 15) is 4.79 Å². The lowest BCUT2D eigenvalue weighted by Gasteiger charge is -2.14. The van der Waals surface area contributed by atoms with Crippen LogP contribution in [-0.4, -0.2) is 11.6 Å². The molecule has 0 radical (unpaired) electrons. The van der Waals surface area contributed by atoms with Gasteiger partial charge in [0.25, 0.3) is 5.91 Å². The van der Waals surface area contributed by atoms with E-state index in [0.717, 1.165) is 22.5 Å². The molecule has 3 aromatic carbocycles. The van der Waals surface area contributed by atoms with Crippen LogP contribution in [0.5, 0.6) is 0 Å². The maximum Gasteiger partial charge on any atom is 0.256 e. The molecule has 0 bridgehead atoms. The zero-order valence-corrected chi connectivity index (χ0v) is 14.7. The molecule has 0 aliphatic carbocycles. The molecule has 26 heavy (non-hydrogen) atoms. The van der Waals surface area contributed by atoms with Gasteiger partial charge >= 0.3 is 0 Å². The second-order valence-corrected chi connectivity index (χ2v) is 6.58. The maximum absolute atomic E-state index is 13.2. The summed E-state index contributed by atoms with van der Waals surface area (Å²) in [6.07, 6.45) is 0.649. The van der Waals surface area contributed by atoms with Gasteiger partial charge in [-0.25, -0.2) is 0 Å². The van der Waals surface area contributed by atoms with Crippen molar-refractivity contribution in [3.8, 4) is 0 Å².